The minimum absolute atomic E-state index is 0.0303. The number of piperidine rings is 1. The number of nitrogens with one attached hydrogen (secondary N) is 3. The van der Waals surface area contributed by atoms with Crippen molar-refractivity contribution in [2.75, 3.05) is 36.9 Å². The van der Waals surface area contributed by atoms with Crippen LogP contribution >= 0.6 is 0 Å². The summed E-state index contributed by atoms with van der Waals surface area (Å²) in [7, 11) is 1.68. The van der Waals surface area contributed by atoms with Gasteiger partial charge in [-0.3, -0.25) is 0 Å². The zero-order chi connectivity index (χ0) is 30.9. The van der Waals surface area contributed by atoms with E-state index in [0.29, 0.717) is 28.8 Å². The number of fused-ring (bicyclic) bond motifs is 1. The van der Waals surface area contributed by atoms with Crippen molar-refractivity contribution in [3.8, 4) is 6.07 Å². The molecule has 0 aliphatic carbocycles. The third kappa shape index (κ3) is 6.86. The van der Waals surface area contributed by atoms with Crippen LogP contribution in [0.5, 0.6) is 0 Å². The molecule has 0 radical (unpaired) electrons. The van der Waals surface area contributed by atoms with Crippen LogP contribution in [0.4, 0.5) is 36.1 Å². The maximum atomic E-state index is 13.3. The van der Waals surface area contributed by atoms with Gasteiger partial charge in [0.25, 0.3) is 0 Å². The zero-order valence-electron chi connectivity index (χ0n) is 25.1. The van der Waals surface area contributed by atoms with Gasteiger partial charge >= 0.3 is 6.18 Å². The van der Waals surface area contributed by atoms with Crippen LogP contribution in [-0.2, 0) is 0 Å². The van der Waals surface area contributed by atoms with Crippen molar-refractivity contribution in [1.82, 2.24) is 20.5 Å². The number of benzene rings is 2. The number of hydrogen-bond donors (Lipinski definition) is 3. The number of pyridine rings is 1. The van der Waals surface area contributed by atoms with Gasteiger partial charge in [0.1, 0.15) is 17.3 Å². The van der Waals surface area contributed by atoms with E-state index in [9.17, 15) is 18.4 Å². The SMILES string of the molecule is Cc1ccc(Nc2nc3ccccc3c(N3CCC(NC(C)(C)C)CC3)c2C#N)cc1N=C1NC(C(F)(F)F)=CCN1C. The highest BCUT2D eigenvalue weighted by atomic mass is 19.4. The molecule has 0 unspecified atom stereocenters. The molecule has 3 aromatic rings. The summed E-state index contributed by atoms with van der Waals surface area (Å²) in [6, 6.07) is 16.1. The van der Waals surface area contributed by atoms with Crippen LogP contribution in [-0.4, -0.2) is 60.3 Å². The molecule has 0 amide bonds. The van der Waals surface area contributed by atoms with Crippen LogP contribution in [0, 0.1) is 18.3 Å². The summed E-state index contributed by atoms with van der Waals surface area (Å²) in [5.41, 5.74) is 3.17. The van der Waals surface area contributed by atoms with Gasteiger partial charge in [-0.25, -0.2) is 9.98 Å². The molecular formula is C32H37F3N8. The Labute approximate surface area is 250 Å². The number of aliphatic imine (C=N–C) groups is 1. The lowest BCUT2D eigenvalue weighted by molar-refractivity contribution is -0.0959. The third-order valence-corrected chi connectivity index (χ3v) is 7.61. The quantitative estimate of drug-likeness (QED) is 0.313. The average molecular weight is 591 g/mol. The number of aryl methyl sites for hydroxylation is 1. The van der Waals surface area contributed by atoms with Crippen LogP contribution in [0.3, 0.4) is 0 Å². The molecule has 1 aromatic heterocycles. The van der Waals surface area contributed by atoms with Gasteiger partial charge in [-0.05, 0) is 70.4 Å². The van der Waals surface area contributed by atoms with Crippen molar-refractivity contribution in [3.05, 3.63) is 65.4 Å². The van der Waals surface area contributed by atoms with Crippen LogP contribution in [0.1, 0.15) is 44.7 Å². The number of anilines is 3. The third-order valence-electron chi connectivity index (χ3n) is 7.61. The van der Waals surface area contributed by atoms with Crippen LogP contribution in [0.15, 0.2) is 59.2 Å². The Hall–Kier alpha value is -4.30. The van der Waals surface area contributed by atoms with E-state index in [0.717, 1.165) is 54.2 Å². The van der Waals surface area contributed by atoms with Gasteiger partial charge in [-0.1, -0.05) is 24.3 Å². The Morgan fingerprint density at radius 2 is 1.81 bits per heavy atom. The van der Waals surface area contributed by atoms with Crippen molar-refractivity contribution >= 4 is 39.7 Å². The lowest BCUT2D eigenvalue weighted by Crippen LogP contribution is -2.49. The monoisotopic (exact) mass is 590 g/mol. The van der Waals surface area contributed by atoms with E-state index in [1.165, 1.54) is 0 Å². The average Bonchev–Trinajstić information content (AvgIpc) is 2.94. The van der Waals surface area contributed by atoms with E-state index in [-0.39, 0.29) is 18.0 Å². The number of rotatable bonds is 5. The molecule has 43 heavy (non-hydrogen) atoms. The largest absolute Gasteiger partial charge is 0.431 e. The van der Waals surface area contributed by atoms with Gasteiger partial charge in [-0.2, -0.15) is 18.4 Å². The number of allylic oxidation sites excluding steroid dienone is 1. The number of likely N-dealkylation sites (N-methyl/N-ethyl adjacent to an activating group) is 1. The Bertz CT molecular complexity index is 1610. The fourth-order valence-corrected chi connectivity index (χ4v) is 5.52. The number of nitrogens with zero attached hydrogens (tertiary/aromatic N) is 5. The molecule has 11 heteroatoms. The first-order valence-electron chi connectivity index (χ1n) is 14.4. The number of hydrogen-bond acceptors (Lipinski definition) is 6. The van der Waals surface area contributed by atoms with Crippen molar-refractivity contribution < 1.29 is 13.2 Å². The molecule has 0 bridgehead atoms. The Kier molecular flexibility index (Phi) is 8.25. The molecule has 1 saturated heterocycles. The standard InChI is InChI=1S/C32H37F3N8/c1-20-10-11-22(18-26(20)39-30-40-27(32(33,34)35)14-15-42(30)5)37-29-24(19-36)28(23-8-6-7-9-25(23)38-29)43-16-12-21(13-17-43)41-31(2,3)4/h6-11,14,18,21,41H,12-13,15-17H2,1-5H3,(H,37,38)(H,39,40). The lowest BCUT2D eigenvalue weighted by Gasteiger charge is -2.38. The minimum Gasteiger partial charge on any atom is -0.370 e. The van der Waals surface area contributed by atoms with Crippen LogP contribution in [0.2, 0.25) is 0 Å². The van der Waals surface area contributed by atoms with Gasteiger partial charge in [0.15, 0.2) is 5.82 Å². The van der Waals surface area contributed by atoms with Crippen molar-refractivity contribution in [2.24, 2.45) is 4.99 Å². The normalized spacial score (nSPS) is 17.6. The molecular weight excluding hydrogens is 553 g/mol. The predicted molar refractivity (Wildman–Crippen MR) is 166 cm³/mol. The molecule has 0 saturated carbocycles. The first-order valence-corrected chi connectivity index (χ1v) is 14.4. The Balaban J connectivity index is 1.47. The Morgan fingerprint density at radius 1 is 1.09 bits per heavy atom. The van der Waals surface area contributed by atoms with E-state index in [1.54, 1.807) is 18.0 Å². The summed E-state index contributed by atoms with van der Waals surface area (Å²) in [5, 5.41) is 20.8. The fourth-order valence-electron chi connectivity index (χ4n) is 5.52. The van der Waals surface area contributed by atoms with Gasteiger partial charge in [0.2, 0.25) is 5.96 Å². The number of alkyl halides is 3. The number of guanidine groups is 1. The molecule has 2 aromatic carbocycles. The maximum absolute atomic E-state index is 13.3. The van der Waals surface area contributed by atoms with Crippen molar-refractivity contribution in [2.45, 2.75) is 58.3 Å². The number of para-hydroxylation sites is 1. The molecule has 2 aliphatic rings. The van der Waals surface area contributed by atoms with E-state index >= 15 is 0 Å². The van der Waals surface area contributed by atoms with Crippen LogP contribution < -0.4 is 20.9 Å². The van der Waals surface area contributed by atoms with Gasteiger partial charge in [0.05, 0.1) is 16.9 Å². The molecule has 226 valence electrons. The lowest BCUT2D eigenvalue weighted by atomic mass is 9.98. The summed E-state index contributed by atoms with van der Waals surface area (Å²) in [6.07, 6.45) is -1.49. The summed E-state index contributed by atoms with van der Waals surface area (Å²) in [5.74, 6) is 0.520. The number of aromatic nitrogens is 1. The second-order valence-electron chi connectivity index (χ2n) is 12.2. The highest BCUT2D eigenvalue weighted by Gasteiger charge is 2.36. The second kappa shape index (κ2) is 11.8. The molecule has 3 N–H and O–H groups in total. The van der Waals surface area contributed by atoms with E-state index in [1.807, 2.05) is 43.3 Å². The smallest absolute Gasteiger partial charge is 0.370 e. The summed E-state index contributed by atoms with van der Waals surface area (Å²) < 4.78 is 40.0. The first-order chi connectivity index (χ1) is 20.3. The van der Waals surface area contributed by atoms with Crippen molar-refractivity contribution in [3.63, 3.8) is 0 Å². The molecule has 0 spiro atoms. The molecule has 2 aliphatic heterocycles. The van der Waals surface area contributed by atoms with E-state index in [4.69, 9.17) is 4.98 Å². The maximum Gasteiger partial charge on any atom is 0.431 e. The summed E-state index contributed by atoms with van der Waals surface area (Å²) >= 11 is 0. The molecule has 3 heterocycles. The summed E-state index contributed by atoms with van der Waals surface area (Å²) in [4.78, 5) is 13.2. The second-order valence-corrected chi connectivity index (χ2v) is 12.2. The Morgan fingerprint density at radius 3 is 2.49 bits per heavy atom. The first kappa shape index (κ1) is 30.2. The molecule has 8 nitrogen and oxygen atoms in total. The van der Waals surface area contributed by atoms with Gasteiger partial charge in [-0.15, -0.1) is 0 Å². The van der Waals surface area contributed by atoms with Gasteiger partial charge in [0, 0.05) is 49.3 Å². The highest BCUT2D eigenvalue weighted by Crippen LogP contribution is 2.37. The zero-order valence-corrected chi connectivity index (χ0v) is 25.1. The van der Waals surface area contributed by atoms with Crippen molar-refractivity contribution in [1.29, 1.82) is 5.26 Å². The van der Waals surface area contributed by atoms with E-state index < -0.39 is 11.9 Å². The number of halogens is 3. The molecule has 5 rings (SSSR count). The molecule has 0 atom stereocenters. The highest BCUT2D eigenvalue weighted by molar-refractivity contribution is 5.98. The summed E-state index contributed by atoms with van der Waals surface area (Å²) in [6.45, 7) is 10.0. The predicted octanol–water partition coefficient (Wildman–Crippen LogP) is 6.48. The molecule has 1 fully saturated rings. The topological polar surface area (TPSA) is 91.6 Å². The fraction of sp³-hybridized carbons (Fsp3) is 0.406. The van der Waals surface area contributed by atoms with E-state index in [2.05, 4.69) is 52.7 Å². The number of nitriles is 1. The van der Waals surface area contributed by atoms with Crippen LogP contribution in [0.25, 0.3) is 10.9 Å². The van der Waals surface area contributed by atoms with Gasteiger partial charge < -0.3 is 25.8 Å². The minimum atomic E-state index is -4.49.